The Balaban J connectivity index is 4.70. The van der Waals surface area contributed by atoms with E-state index in [2.05, 4.69) is 4.74 Å². The van der Waals surface area contributed by atoms with E-state index in [9.17, 15) is 19.2 Å². The first-order valence-electron chi connectivity index (χ1n) is 6.77. The zero-order valence-electron chi connectivity index (χ0n) is 14.1. The Kier molecular flexibility index (Phi) is 9.02. The fraction of sp³-hybridized carbons (Fsp3) is 0.250. The van der Waals surface area contributed by atoms with Crippen LogP contribution in [0.15, 0.2) is 47.3 Å². The lowest BCUT2D eigenvalue weighted by Crippen LogP contribution is -2.14. The van der Waals surface area contributed by atoms with Crippen LogP contribution in [0.1, 0.15) is 27.7 Å². The van der Waals surface area contributed by atoms with Gasteiger partial charge >= 0.3 is 23.9 Å². The third-order valence-corrected chi connectivity index (χ3v) is 2.48. The van der Waals surface area contributed by atoms with Gasteiger partial charge in [0.25, 0.3) is 0 Å². The van der Waals surface area contributed by atoms with Crippen molar-refractivity contribution in [1.29, 1.82) is 0 Å². The van der Waals surface area contributed by atoms with Gasteiger partial charge in [-0.15, -0.1) is 0 Å². The third kappa shape index (κ3) is 8.74. The number of hydrogen-bond donors (Lipinski definition) is 2. The number of ether oxygens (including phenoxy) is 3. The molecule has 0 amide bonds. The van der Waals surface area contributed by atoms with Crippen molar-refractivity contribution >= 4 is 23.9 Å². The van der Waals surface area contributed by atoms with Crippen molar-refractivity contribution < 1.29 is 43.6 Å². The quantitative estimate of drug-likeness (QED) is 0.289. The SMILES string of the molecule is CC(=COC=C(C)C(=O)OC(=O)C(C)=COC=C(C)C(=O)O)C(=O)O. The van der Waals surface area contributed by atoms with Crippen LogP contribution in [0, 0.1) is 0 Å². The van der Waals surface area contributed by atoms with Gasteiger partial charge in [0.05, 0.1) is 22.3 Å². The maximum absolute atomic E-state index is 11.7. The number of rotatable bonds is 8. The molecule has 0 aliphatic heterocycles. The normalized spacial score (nSPS) is 13.1. The van der Waals surface area contributed by atoms with Crippen LogP contribution in [0.5, 0.6) is 0 Å². The van der Waals surface area contributed by atoms with Crippen LogP contribution in [0.3, 0.4) is 0 Å². The van der Waals surface area contributed by atoms with Crippen LogP contribution >= 0.6 is 0 Å². The minimum Gasteiger partial charge on any atom is -0.478 e. The molecule has 0 aliphatic carbocycles. The Morgan fingerprint density at radius 2 is 0.880 bits per heavy atom. The Morgan fingerprint density at radius 3 is 1.16 bits per heavy atom. The molecule has 9 heteroatoms. The molecule has 0 atom stereocenters. The van der Waals surface area contributed by atoms with E-state index in [-0.39, 0.29) is 22.3 Å². The molecule has 0 unspecified atom stereocenters. The summed E-state index contributed by atoms with van der Waals surface area (Å²) < 4.78 is 14.1. The second kappa shape index (κ2) is 10.4. The summed E-state index contributed by atoms with van der Waals surface area (Å²) in [5, 5.41) is 17.2. The van der Waals surface area contributed by atoms with Gasteiger partial charge in [0, 0.05) is 0 Å². The van der Waals surface area contributed by atoms with Crippen LogP contribution in [0.25, 0.3) is 0 Å². The van der Waals surface area contributed by atoms with E-state index in [1.807, 2.05) is 0 Å². The van der Waals surface area contributed by atoms with E-state index in [0.29, 0.717) is 0 Å². The van der Waals surface area contributed by atoms with Crippen LogP contribution in [-0.2, 0) is 33.4 Å². The predicted molar refractivity (Wildman–Crippen MR) is 83.6 cm³/mol. The first kappa shape index (κ1) is 21.6. The molecule has 136 valence electrons. The van der Waals surface area contributed by atoms with Gasteiger partial charge in [0.1, 0.15) is 25.0 Å². The molecule has 0 spiro atoms. The summed E-state index contributed by atoms with van der Waals surface area (Å²) in [6.07, 6.45) is 3.68. The van der Waals surface area contributed by atoms with Gasteiger partial charge < -0.3 is 24.4 Å². The monoisotopic (exact) mass is 354 g/mol. The summed E-state index contributed by atoms with van der Waals surface area (Å²) in [5.74, 6) is -4.37. The minimum absolute atomic E-state index is 0.0851. The maximum Gasteiger partial charge on any atom is 0.344 e. The Hall–Kier alpha value is -3.36. The molecule has 0 saturated heterocycles. The summed E-state index contributed by atoms with van der Waals surface area (Å²) in [6.45, 7) is 5.19. The summed E-state index contributed by atoms with van der Waals surface area (Å²) in [5.41, 5.74) is -0.348. The fourth-order valence-electron chi connectivity index (χ4n) is 0.919. The number of carboxylic acid groups (broad SMARTS) is 2. The van der Waals surface area contributed by atoms with Crippen molar-refractivity contribution in [2.24, 2.45) is 0 Å². The maximum atomic E-state index is 11.7. The molecular formula is C16H18O9. The highest BCUT2D eigenvalue weighted by atomic mass is 16.6. The summed E-state index contributed by atoms with van der Waals surface area (Å²) in [6, 6.07) is 0. The fourth-order valence-corrected chi connectivity index (χ4v) is 0.919. The highest BCUT2D eigenvalue weighted by Crippen LogP contribution is 2.05. The molecule has 0 bridgehead atoms. The zero-order chi connectivity index (χ0) is 19.6. The molecule has 0 aromatic heterocycles. The molecule has 2 N–H and O–H groups in total. The molecule has 0 fully saturated rings. The summed E-state index contributed by atoms with van der Waals surface area (Å²) in [4.78, 5) is 44.4. The van der Waals surface area contributed by atoms with E-state index >= 15 is 0 Å². The van der Waals surface area contributed by atoms with Crippen molar-refractivity contribution in [3.63, 3.8) is 0 Å². The molecule has 9 nitrogen and oxygen atoms in total. The Bertz CT molecular complexity index is 620. The number of hydrogen-bond acceptors (Lipinski definition) is 7. The van der Waals surface area contributed by atoms with Gasteiger partial charge in [-0.2, -0.15) is 0 Å². The molecule has 0 aromatic carbocycles. The average molecular weight is 354 g/mol. The lowest BCUT2D eigenvalue weighted by Gasteiger charge is -2.03. The van der Waals surface area contributed by atoms with E-state index in [4.69, 9.17) is 19.7 Å². The number of carbonyl (C=O) groups is 4. The van der Waals surface area contributed by atoms with Crippen LogP contribution in [0.2, 0.25) is 0 Å². The van der Waals surface area contributed by atoms with Crippen molar-refractivity contribution in [2.75, 3.05) is 0 Å². The molecular weight excluding hydrogens is 336 g/mol. The topological polar surface area (TPSA) is 136 Å². The largest absolute Gasteiger partial charge is 0.478 e. The highest BCUT2D eigenvalue weighted by Gasteiger charge is 2.14. The second-order valence-corrected chi connectivity index (χ2v) is 4.76. The standard InChI is InChI=1S/C16H18O9/c1-9(13(17)18)5-23-7-11(3)15(21)25-16(22)12(4)8-24-6-10(2)14(19)20/h5-8H,1-4H3,(H,17,18)(H,19,20). The van der Waals surface area contributed by atoms with Gasteiger partial charge in [-0.05, 0) is 27.7 Å². The molecule has 0 saturated carbocycles. The van der Waals surface area contributed by atoms with Gasteiger partial charge in [0.2, 0.25) is 0 Å². The van der Waals surface area contributed by atoms with Crippen molar-refractivity contribution in [2.45, 2.75) is 27.7 Å². The molecule has 0 radical (unpaired) electrons. The molecule has 25 heavy (non-hydrogen) atoms. The molecule has 0 aromatic rings. The van der Waals surface area contributed by atoms with Crippen LogP contribution in [0.4, 0.5) is 0 Å². The Labute approximate surface area is 143 Å². The summed E-state index contributed by atoms with van der Waals surface area (Å²) >= 11 is 0. The van der Waals surface area contributed by atoms with Gasteiger partial charge in [-0.25, -0.2) is 19.2 Å². The van der Waals surface area contributed by atoms with Gasteiger partial charge in [-0.1, -0.05) is 0 Å². The van der Waals surface area contributed by atoms with E-state index in [1.165, 1.54) is 27.7 Å². The first-order chi connectivity index (χ1) is 11.6. The first-order valence-corrected chi connectivity index (χ1v) is 6.77. The van der Waals surface area contributed by atoms with Gasteiger partial charge in [0.15, 0.2) is 0 Å². The molecule has 0 aliphatic rings. The van der Waals surface area contributed by atoms with Crippen molar-refractivity contribution in [3.05, 3.63) is 47.3 Å². The summed E-state index contributed by atoms with van der Waals surface area (Å²) in [7, 11) is 0. The van der Waals surface area contributed by atoms with E-state index < -0.39 is 23.9 Å². The Morgan fingerprint density at radius 1 is 0.600 bits per heavy atom. The smallest absolute Gasteiger partial charge is 0.344 e. The predicted octanol–water partition coefficient (Wildman–Crippen LogP) is 1.87. The number of carbonyl (C=O) groups excluding carboxylic acids is 2. The molecule has 0 rings (SSSR count). The minimum atomic E-state index is -1.18. The third-order valence-electron chi connectivity index (χ3n) is 2.48. The van der Waals surface area contributed by atoms with Crippen molar-refractivity contribution in [3.8, 4) is 0 Å². The van der Waals surface area contributed by atoms with Crippen LogP contribution in [-0.4, -0.2) is 34.1 Å². The molecule has 0 heterocycles. The lowest BCUT2D eigenvalue weighted by molar-refractivity contribution is -0.154. The highest BCUT2D eigenvalue weighted by molar-refractivity contribution is 6.01. The second-order valence-electron chi connectivity index (χ2n) is 4.76. The van der Waals surface area contributed by atoms with Crippen molar-refractivity contribution in [1.82, 2.24) is 0 Å². The number of carboxylic acids is 2. The number of aliphatic carboxylic acids is 2. The number of esters is 2. The van der Waals surface area contributed by atoms with E-state index in [1.54, 1.807) is 0 Å². The van der Waals surface area contributed by atoms with Gasteiger partial charge in [-0.3, -0.25) is 0 Å². The van der Waals surface area contributed by atoms with Crippen LogP contribution < -0.4 is 0 Å². The zero-order valence-corrected chi connectivity index (χ0v) is 14.1. The van der Waals surface area contributed by atoms with E-state index in [0.717, 1.165) is 25.0 Å². The average Bonchev–Trinajstić information content (AvgIpc) is 2.53. The lowest BCUT2D eigenvalue weighted by atomic mass is 10.3.